The fraction of sp³-hybridized carbons (Fsp3) is 1.00. The van der Waals surface area contributed by atoms with Crippen LogP contribution in [0, 0.1) is 0 Å². The summed E-state index contributed by atoms with van der Waals surface area (Å²) in [7, 11) is 0. The van der Waals surface area contributed by atoms with Crippen LogP contribution in [-0.4, -0.2) is 68.6 Å². The summed E-state index contributed by atoms with van der Waals surface area (Å²) in [5.74, 6) is 0. The third-order valence-electron chi connectivity index (χ3n) is 0. The van der Waals surface area contributed by atoms with Gasteiger partial charge in [-0.25, -0.2) is 0 Å². The molecule has 0 unspecified atom stereocenters. The summed E-state index contributed by atoms with van der Waals surface area (Å²) in [6.07, 6.45) is 0. The van der Waals surface area contributed by atoms with Crippen molar-refractivity contribution < 1.29 is 10.6 Å². The van der Waals surface area contributed by atoms with Gasteiger partial charge in [0, 0.05) is 6.61 Å². The summed E-state index contributed by atoms with van der Waals surface area (Å²) in [6, 6.07) is 0. The normalized spacial score (nSPS) is 3.60. The molecule has 0 aromatic carbocycles. The SMILES string of the molecule is CCO.O.[KH]. The Morgan fingerprint density at radius 3 is 1.60 bits per heavy atom. The molecule has 0 heterocycles. The standard InChI is InChI=1S/C2H6O.K.H2O.H/c1-2-3;;;/h3H,2H2,1H3;;1H2;. The Bertz CT molecular complexity index is 7.61. The molecule has 0 spiro atoms. The van der Waals surface area contributed by atoms with Crippen LogP contribution in [-0.2, 0) is 0 Å². The number of aliphatic hydroxyl groups excluding tert-OH is 1. The number of rotatable bonds is 0. The van der Waals surface area contributed by atoms with E-state index in [1.54, 1.807) is 6.92 Å². The minimum absolute atomic E-state index is 0. The van der Waals surface area contributed by atoms with Gasteiger partial charge in [-0.05, 0) is 6.92 Å². The van der Waals surface area contributed by atoms with Crippen molar-refractivity contribution in [2.45, 2.75) is 6.92 Å². The summed E-state index contributed by atoms with van der Waals surface area (Å²) in [6.45, 7) is 1.93. The van der Waals surface area contributed by atoms with Crippen molar-refractivity contribution in [3.63, 3.8) is 0 Å². The molecule has 0 aromatic heterocycles. The molecule has 3 heteroatoms. The van der Waals surface area contributed by atoms with Crippen LogP contribution in [0.2, 0.25) is 0 Å². The quantitative estimate of drug-likeness (QED) is 0.375. The van der Waals surface area contributed by atoms with Gasteiger partial charge in [-0.1, -0.05) is 0 Å². The van der Waals surface area contributed by atoms with E-state index in [0.29, 0.717) is 0 Å². The van der Waals surface area contributed by atoms with Crippen molar-refractivity contribution in [3.8, 4) is 0 Å². The van der Waals surface area contributed by atoms with Crippen LogP contribution in [0.4, 0.5) is 0 Å². The fourth-order valence-electron chi connectivity index (χ4n) is 0. The maximum atomic E-state index is 7.57. The van der Waals surface area contributed by atoms with E-state index in [9.17, 15) is 0 Å². The maximum absolute atomic E-state index is 7.57. The van der Waals surface area contributed by atoms with E-state index in [2.05, 4.69) is 0 Å². The van der Waals surface area contributed by atoms with Crippen LogP contribution in [0.5, 0.6) is 0 Å². The number of aliphatic hydroxyl groups is 1. The van der Waals surface area contributed by atoms with Crippen molar-refractivity contribution in [2.75, 3.05) is 6.61 Å². The fourth-order valence-corrected chi connectivity index (χ4v) is 0. The third kappa shape index (κ3) is 29.0. The molecule has 0 saturated carbocycles. The van der Waals surface area contributed by atoms with E-state index in [1.807, 2.05) is 0 Å². The molecular formula is C2H9KO2. The molecule has 0 radical (unpaired) electrons. The Kier molecular flexibility index (Phi) is 56.5. The van der Waals surface area contributed by atoms with Gasteiger partial charge in [0.15, 0.2) is 0 Å². The molecule has 0 aromatic rings. The van der Waals surface area contributed by atoms with Gasteiger partial charge in [-0.3, -0.25) is 0 Å². The van der Waals surface area contributed by atoms with Crippen LogP contribution < -0.4 is 0 Å². The van der Waals surface area contributed by atoms with E-state index in [0.717, 1.165) is 0 Å². The molecule has 0 amide bonds. The molecule has 0 atom stereocenters. The van der Waals surface area contributed by atoms with Gasteiger partial charge >= 0.3 is 51.4 Å². The zero-order valence-electron chi connectivity index (χ0n) is 2.65. The van der Waals surface area contributed by atoms with Gasteiger partial charge in [0.25, 0.3) is 0 Å². The van der Waals surface area contributed by atoms with Gasteiger partial charge in [0.1, 0.15) is 0 Å². The molecular weight excluding hydrogens is 95.1 g/mol. The summed E-state index contributed by atoms with van der Waals surface area (Å²) >= 11 is 0. The zero-order valence-corrected chi connectivity index (χ0v) is 2.65. The van der Waals surface area contributed by atoms with Crippen LogP contribution in [0.25, 0.3) is 0 Å². The van der Waals surface area contributed by atoms with Crippen LogP contribution in [0.3, 0.4) is 0 Å². The molecule has 5 heavy (non-hydrogen) atoms. The summed E-state index contributed by atoms with van der Waals surface area (Å²) in [4.78, 5) is 0. The average Bonchev–Trinajstić information content (AvgIpc) is 0.918. The molecule has 0 aliphatic carbocycles. The number of hydrogen-bond donors (Lipinski definition) is 1. The van der Waals surface area contributed by atoms with Gasteiger partial charge < -0.3 is 10.6 Å². The molecule has 0 aliphatic heterocycles. The average molecular weight is 104 g/mol. The molecule has 3 N–H and O–H groups in total. The Hall–Kier alpha value is 1.56. The molecule has 0 fully saturated rings. The van der Waals surface area contributed by atoms with Crippen molar-refractivity contribution in [1.29, 1.82) is 0 Å². The Morgan fingerprint density at radius 1 is 1.60 bits per heavy atom. The first-order valence-corrected chi connectivity index (χ1v) is 1.02. The summed E-state index contributed by atoms with van der Waals surface area (Å²) in [5.41, 5.74) is 0. The van der Waals surface area contributed by atoms with Crippen molar-refractivity contribution in [1.82, 2.24) is 0 Å². The number of hydrogen-bond acceptors (Lipinski definition) is 1. The van der Waals surface area contributed by atoms with Crippen LogP contribution in [0.15, 0.2) is 0 Å². The molecule has 0 rings (SSSR count). The van der Waals surface area contributed by atoms with E-state index in [1.165, 1.54) is 0 Å². The van der Waals surface area contributed by atoms with Gasteiger partial charge in [0.2, 0.25) is 0 Å². The van der Waals surface area contributed by atoms with E-state index >= 15 is 0 Å². The topological polar surface area (TPSA) is 51.7 Å². The van der Waals surface area contributed by atoms with Gasteiger partial charge in [0.05, 0.1) is 0 Å². The monoisotopic (exact) mass is 104 g/mol. The van der Waals surface area contributed by atoms with E-state index < -0.39 is 0 Å². The summed E-state index contributed by atoms with van der Waals surface area (Å²) < 4.78 is 0. The van der Waals surface area contributed by atoms with Crippen molar-refractivity contribution in [2.24, 2.45) is 0 Å². The van der Waals surface area contributed by atoms with Crippen LogP contribution in [0.1, 0.15) is 6.92 Å². The summed E-state index contributed by atoms with van der Waals surface area (Å²) in [5, 5.41) is 7.57. The Morgan fingerprint density at radius 2 is 1.60 bits per heavy atom. The Balaban J connectivity index is -0.0000000200. The van der Waals surface area contributed by atoms with Gasteiger partial charge in [-0.2, -0.15) is 0 Å². The van der Waals surface area contributed by atoms with E-state index in [4.69, 9.17) is 5.11 Å². The van der Waals surface area contributed by atoms with Crippen molar-refractivity contribution in [3.05, 3.63) is 0 Å². The molecule has 0 bridgehead atoms. The Labute approximate surface area is 74.3 Å². The molecule has 30 valence electrons. The first kappa shape index (κ1) is 16.0. The van der Waals surface area contributed by atoms with Gasteiger partial charge in [-0.15, -0.1) is 0 Å². The molecule has 2 nitrogen and oxygen atoms in total. The first-order chi connectivity index (χ1) is 1.41. The van der Waals surface area contributed by atoms with Crippen LogP contribution >= 0.6 is 0 Å². The molecule has 0 saturated heterocycles. The second-order valence-corrected chi connectivity index (χ2v) is 0.316. The molecule has 0 aliphatic rings. The minimum atomic E-state index is 0. The first-order valence-electron chi connectivity index (χ1n) is 1.02. The van der Waals surface area contributed by atoms with E-state index in [-0.39, 0.29) is 63.5 Å². The third-order valence-corrected chi connectivity index (χ3v) is 0. The predicted molar refractivity (Wildman–Crippen MR) is 23.5 cm³/mol. The predicted octanol–water partition coefficient (Wildman–Crippen LogP) is -1.47. The second kappa shape index (κ2) is 17.7. The zero-order chi connectivity index (χ0) is 2.71. The van der Waals surface area contributed by atoms with Crippen molar-refractivity contribution >= 4 is 51.4 Å². The second-order valence-electron chi connectivity index (χ2n) is 0.316.